The SMILES string of the molecule is Cn1nccc1P. The van der Waals surface area contributed by atoms with Crippen LogP contribution in [0, 0.1) is 0 Å². The van der Waals surface area contributed by atoms with Gasteiger partial charge >= 0.3 is 0 Å². The van der Waals surface area contributed by atoms with Gasteiger partial charge in [0.15, 0.2) is 0 Å². The highest BCUT2D eigenvalue weighted by atomic mass is 31.0. The summed E-state index contributed by atoms with van der Waals surface area (Å²) in [6.07, 6.45) is 1.77. The zero-order valence-electron chi connectivity index (χ0n) is 4.13. The van der Waals surface area contributed by atoms with Gasteiger partial charge in [-0.25, -0.2) is 0 Å². The molecule has 7 heavy (non-hydrogen) atoms. The van der Waals surface area contributed by atoms with E-state index in [1.165, 1.54) is 0 Å². The number of rotatable bonds is 0. The van der Waals surface area contributed by atoms with Crippen LogP contribution in [0.2, 0.25) is 0 Å². The van der Waals surface area contributed by atoms with Crippen LogP contribution in [0.15, 0.2) is 12.3 Å². The van der Waals surface area contributed by atoms with Gasteiger partial charge in [0, 0.05) is 13.2 Å². The molecule has 0 radical (unpaired) electrons. The molecule has 1 aromatic heterocycles. The Labute approximate surface area is 44.7 Å². The van der Waals surface area contributed by atoms with E-state index in [9.17, 15) is 0 Å². The van der Waals surface area contributed by atoms with Crippen LogP contribution in [-0.4, -0.2) is 9.78 Å². The lowest BCUT2D eigenvalue weighted by molar-refractivity contribution is 0.791. The van der Waals surface area contributed by atoms with Crippen molar-refractivity contribution in [1.29, 1.82) is 0 Å². The average molecular weight is 114 g/mol. The van der Waals surface area contributed by atoms with Gasteiger partial charge in [-0.3, -0.25) is 4.68 Å². The largest absolute Gasteiger partial charge is 0.269 e. The van der Waals surface area contributed by atoms with Gasteiger partial charge in [-0.15, -0.1) is 0 Å². The highest BCUT2D eigenvalue weighted by Gasteiger charge is 1.83. The van der Waals surface area contributed by atoms with Crippen LogP contribution in [0.1, 0.15) is 0 Å². The van der Waals surface area contributed by atoms with Crippen LogP contribution in [0.4, 0.5) is 0 Å². The molecule has 0 aliphatic rings. The van der Waals surface area contributed by atoms with Crippen molar-refractivity contribution >= 4 is 14.7 Å². The van der Waals surface area contributed by atoms with Gasteiger partial charge in [-0.05, 0) is 6.07 Å². The molecule has 1 atom stereocenters. The Hall–Kier alpha value is -0.360. The molecule has 1 unspecified atom stereocenters. The Morgan fingerprint density at radius 1 is 1.86 bits per heavy atom. The molecule has 0 amide bonds. The summed E-state index contributed by atoms with van der Waals surface area (Å²) in [7, 11) is 4.48. The molecule has 0 N–H and O–H groups in total. The number of hydrogen-bond donors (Lipinski definition) is 0. The summed E-state index contributed by atoms with van der Waals surface area (Å²) in [6.45, 7) is 0. The summed E-state index contributed by atoms with van der Waals surface area (Å²) < 4.78 is 1.80. The fraction of sp³-hybridized carbons (Fsp3) is 0.250. The van der Waals surface area contributed by atoms with Crippen molar-refractivity contribution in [2.75, 3.05) is 0 Å². The van der Waals surface area contributed by atoms with Gasteiger partial charge in [0.05, 0.1) is 5.44 Å². The smallest absolute Gasteiger partial charge is 0.0546 e. The fourth-order valence-electron chi connectivity index (χ4n) is 0.384. The minimum absolute atomic E-state index is 1.11. The lowest BCUT2D eigenvalue weighted by Crippen LogP contribution is -2.04. The fourth-order valence-corrected chi connectivity index (χ4v) is 0.537. The van der Waals surface area contributed by atoms with E-state index >= 15 is 0 Å². The Kier molecular flexibility index (Phi) is 1.11. The summed E-state index contributed by atoms with van der Waals surface area (Å²) >= 11 is 0. The van der Waals surface area contributed by atoms with Crippen molar-refractivity contribution in [2.24, 2.45) is 7.05 Å². The standard InChI is InChI=1S/C4H7N2P/c1-6-4(7)2-3-5-6/h2-3H,7H2,1H3. The second kappa shape index (κ2) is 1.63. The second-order valence-electron chi connectivity index (χ2n) is 1.38. The topological polar surface area (TPSA) is 17.8 Å². The normalized spacial score (nSPS) is 9.43. The quantitative estimate of drug-likeness (QED) is 0.431. The zero-order chi connectivity index (χ0) is 5.28. The minimum atomic E-state index is 1.11. The lowest BCUT2D eigenvalue weighted by atomic mass is 10.7. The molecule has 0 fully saturated rings. The van der Waals surface area contributed by atoms with Crippen molar-refractivity contribution in [3.63, 3.8) is 0 Å². The van der Waals surface area contributed by atoms with Crippen LogP contribution in [0.5, 0.6) is 0 Å². The first kappa shape index (κ1) is 4.79. The average Bonchev–Trinajstić information content (AvgIpc) is 1.91. The summed E-state index contributed by atoms with van der Waals surface area (Å²) in [5, 5.41) is 3.91. The Morgan fingerprint density at radius 2 is 2.57 bits per heavy atom. The van der Waals surface area contributed by atoms with Crippen molar-refractivity contribution < 1.29 is 0 Å². The third-order valence-corrected chi connectivity index (χ3v) is 1.42. The maximum atomic E-state index is 3.91. The van der Waals surface area contributed by atoms with Crippen LogP contribution in [-0.2, 0) is 7.05 Å². The molecular weight excluding hydrogens is 107 g/mol. The summed E-state index contributed by atoms with van der Waals surface area (Å²) in [5.41, 5.74) is 1.11. The molecule has 1 rings (SSSR count). The molecule has 38 valence electrons. The molecule has 0 saturated heterocycles. The summed E-state index contributed by atoms with van der Waals surface area (Å²) in [5.74, 6) is 0. The number of aryl methyl sites for hydroxylation is 1. The molecular formula is C4H7N2P. The number of nitrogens with zero attached hydrogens (tertiary/aromatic N) is 2. The first-order chi connectivity index (χ1) is 3.30. The highest BCUT2D eigenvalue weighted by Crippen LogP contribution is 1.82. The predicted octanol–water partition coefficient (Wildman–Crippen LogP) is -0.0795. The van der Waals surface area contributed by atoms with Crippen LogP contribution in [0.3, 0.4) is 0 Å². The third kappa shape index (κ3) is 0.804. The lowest BCUT2D eigenvalue weighted by Gasteiger charge is -1.87. The molecule has 0 aliphatic heterocycles. The van der Waals surface area contributed by atoms with Gasteiger partial charge < -0.3 is 0 Å². The van der Waals surface area contributed by atoms with E-state index in [0.29, 0.717) is 0 Å². The first-order valence-electron chi connectivity index (χ1n) is 2.04. The molecule has 0 spiro atoms. The van der Waals surface area contributed by atoms with E-state index in [-0.39, 0.29) is 0 Å². The second-order valence-corrected chi connectivity index (χ2v) is 1.97. The highest BCUT2D eigenvalue weighted by molar-refractivity contribution is 7.26. The summed E-state index contributed by atoms with van der Waals surface area (Å²) in [4.78, 5) is 0. The van der Waals surface area contributed by atoms with Crippen molar-refractivity contribution in [1.82, 2.24) is 9.78 Å². The van der Waals surface area contributed by atoms with Gasteiger partial charge in [0.1, 0.15) is 0 Å². The maximum Gasteiger partial charge on any atom is 0.0546 e. The van der Waals surface area contributed by atoms with E-state index in [2.05, 4.69) is 14.3 Å². The molecule has 0 bridgehead atoms. The van der Waals surface area contributed by atoms with Crippen molar-refractivity contribution in [2.45, 2.75) is 0 Å². The molecule has 1 heterocycles. The first-order valence-corrected chi connectivity index (χ1v) is 2.62. The monoisotopic (exact) mass is 114 g/mol. The molecule has 3 heteroatoms. The third-order valence-electron chi connectivity index (χ3n) is 0.859. The zero-order valence-corrected chi connectivity index (χ0v) is 5.28. The van der Waals surface area contributed by atoms with Gasteiger partial charge in [-0.1, -0.05) is 9.24 Å². The maximum absolute atomic E-state index is 3.91. The minimum Gasteiger partial charge on any atom is -0.269 e. The van der Waals surface area contributed by atoms with E-state index in [1.54, 1.807) is 10.9 Å². The van der Waals surface area contributed by atoms with Crippen LogP contribution >= 0.6 is 9.24 Å². The Morgan fingerprint density at radius 3 is 2.71 bits per heavy atom. The van der Waals surface area contributed by atoms with Gasteiger partial charge in [-0.2, -0.15) is 5.10 Å². The summed E-state index contributed by atoms with van der Waals surface area (Å²) in [6, 6.07) is 1.94. The van der Waals surface area contributed by atoms with Crippen LogP contribution in [0.25, 0.3) is 0 Å². The molecule has 1 aromatic rings. The Balaban J connectivity index is 3.12. The Bertz CT molecular complexity index is 142. The van der Waals surface area contributed by atoms with Crippen molar-refractivity contribution in [3.8, 4) is 0 Å². The molecule has 0 saturated carbocycles. The predicted molar refractivity (Wildman–Crippen MR) is 32.6 cm³/mol. The van der Waals surface area contributed by atoms with E-state index in [0.717, 1.165) is 5.44 Å². The molecule has 0 aliphatic carbocycles. The molecule has 0 aromatic carbocycles. The van der Waals surface area contributed by atoms with Gasteiger partial charge in [0.2, 0.25) is 0 Å². The van der Waals surface area contributed by atoms with E-state index in [4.69, 9.17) is 0 Å². The number of aromatic nitrogens is 2. The van der Waals surface area contributed by atoms with E-state index in [1.807, 2.05) is 13.1 Å². The molecule has 2 nitrogen and oxygen atoms in total. The number of hydrogen-bond acceptors (Lipinski definition) is 1. The van der Waals surface area contributed by atoms with Crippen LogP contribution < -0.4 is 5.44 Å². The van der Waals surface area contributed by atoms with Gasteiger partial charge in [0.25, 0.3) is 0 Å². The van der Waals surface area contributed by atoms with Crippen molar-refractivity contribution in [3.05, 3.63) is 12.3 Å². The van der Waals surface area contributed by atoms with E-state index < -0.39 is 0 Å².